The summed E-state index contributed by atoms with van der Waals surface area (Å²) in [5, 5.41) is 12.8. The van der Waals surface area contributed by atoms with Crippen LogP contribution in [0.4, 0.5) is 0 Å². The predicted octanol–water partition coefficient (Wildman–Crippen LogP) is 2.22. The summed E-state index contributed by atoms with van der Waals surface area (Å²) >= 11 is 0. The number of amides is 1. The second-order valence-corrected chi connectivity index (χ2v) is 6.18. The number of aromatic nitrogens is 2. The molecule has 2 unspecified atom stereocenters. The highest BCUT2D eigenvalue weighted by molar-refractivity contribution is 5.79. The van der Waals surface area contributed by atoms with E-state index in [1.54, 1.807) is 0 Å². The van der Waals surface area contributed by atoms with Crippen molar-refractivity contribution in [3.05, 3.63) is 29.6 Å². The number of rotatable bonds is 4. The van der Waals surface area contributed by atoms with Crippen molar-refractivity contribution in [1.29, 1.82) is 0 Å². The Morgan fingerprint density at radius 3 is 3.00 bits per heavy atom. The molecule has 0 saturated heterocycles. The number of nitrogens with one attached hydrogen (secondary N) is 2. The summed E-state index contributed by atoms with van der Waals surface area (Å²) in [6.07, 6.45) is 4.36. The first kappa shape index (κ1) is 15.0. The maximum atomic E-state index is 12.0. The van der Waals surface area contributed by atoms with E-state index >= 15 is 0 Å². The van der Waals surface area contributed by atoms with Gasteiger partial charge in [0.15, 0.2) is 0 Å². The second-order valence-electron chi connectivity index (χ2n) is 6.18. The van der Waals surface area contributed by atoms with Crippen LogP contribution in [0, 0.1) is 6.92 Å². The molecule has 1 fully saturated rings. The summed E-state index contributed by atoms with van der Waals surface area (Å²) in [6, 6.07) is 5.94. The number of carbonyl (C=O) groups is 1. The molecule has 5 heteroatoms. The van der Waals surface area contributed by atoms with Gasteiger partial charge in [0.1, 0.15) is 5.82 Å². The van der Waals surface area contributed by atoms with E-state index in [-0.39, 0.29) is 11.9 Å². The highest BCUT2D eigenvalue weighted by Crippen LogP contribution is 2.19. The monoisotopic (exact) mass is 301 g/mol. The SMILES string of the molecule is Cc1cccc2[nH]c(CCC(=O)NC3CCCCC3O)nc12. The van der Waals surface area contributed by atoms with Crippen molar-refractivity contribution in [2.75, 3.05) is 0 Å². The Morgan fingerprint density at radius 1 is 1.41 bits per heavy atom. The number of aromatic amines is 1. The number of aryl methyl sites for hydroxylation is 2. The molecule has 0 spiro atoms. The molecule has 118 valence electrons. The van der Waals surface area contributed by atoms with Crippen LogP contribution in [0.5, 0.6) is 0 Å². The van der Waals surface area contributed by atoms with E-state index in [9.17, 15) is 9.90 Å². The van der Waals surface area contributed by atoms with E-state index in [1.165, 1.54) is 0 Å². The van der Waals surface area contributed by atoms with E-state index < -0.39 is 6.10 Å². The van der Waals surface area contributed by atoms with E-state index in [0.717, 1.165) is 48.1 Å². The third-order valence-electron chi connectivity index (χ3n) is 4.43. The molecule has 22 heavy (non-hydrogen) atoms. The van der Waals surface area contributed by atoms with Gasteiger partial charge in [-0.05, 0) is 31.4 Å². The van der Waals surface area contributed by atoms with Crippen LogP contribution in [0.15, 0.2) is 18.2 Å². The maximum Gasteiger partial charge on any atom is 0.220 e. The van der Waals surface area contributed by atoms with Gasteiger partial charge in [0.25, 0.3) is 0 Å². The minimum atomic E-state index is -0.397. The van der Waals surface area contributed by atoms with E-state index in [2.05, 4.69) is 15.3 Å². The van der Waals surface area contributed by atoms with Crippen molar-refractivity contribution in [2.24, 2.45) is 0 Å². The van der Waals surface area contributed by atoms with Gasteiger partial charge >= 0.3 is 0 Å². The van der Waals surface area contributed by atoms with E-state index in [1.807, 2.05) is 25.1 Å². The molecule has 2 aromatic rings. The minimum absolute atomic E-state index is 0.0110. The molecule has 1 aliphatic rings. The van der Waals surface area contributed by atoms with Gasteiger partial charge in [0.2, 0.25) is 5.91 Å². The van der Waals surface area contributed by atoms with Crippen molar-refractivity contribution in [1.82, 2.24) is 15.3 Å². The van der Waals surface area contributed by atoms with Crippen molar-refractivity contribution in [3.63, 3.8) is 0 Å². The molecule has 1 aromatic carbocycles. The van der Waals surface area contributed by atoms with Gasteiger partial charge in [-0.15, -0.1) is 0 Å². The number of nitrogens with zero attached hydrogens (tertiary/aromatic N) is 1. The third-order valence-corrected chi connectivity index (χ3v) is 4.43. The number of aliphatic hydroxyl groups is 1. The largest absolute Gasteiger partial charge is 0.391 e. The van der Waals surface area contributed by atoms with Gasteiger partial charge in [0.05, 0.1) is 23.2 Å². The number of carbonyl (C=O) groups excluding carboxylic acids is 1. The molecular weight excluding hydrogens is 278 g/mol. The summed E-state index contributed by atoms with van der Waals surface area (Å²) in [7, 11) is 0. The lowest BCUT2D eigenvalue weighted by atomic mass is 9.92. The van der Waals surface area contributed by atoms with E-state index in [0.29, 0.717) is 12.8 Å². The Hall–Kier alpha value is -1.88. The van der Waals surface area contributed by atoms with Crippen LogP contribution in [-0.4, -0.2) is 33.1 Å². The van der Waals surface area contributed by atoms with Gasteiger partial charge in [-0.25, -0.2) is 4.98 Å². The third kappa shape index (κ3) is 3.30. The molecule has 1 aliphatic carbocycles. The van der Waals surface area contributed by atoms with Gasteiger partial charge < -0.3 is 15.4 Å². The summed E-state index contributed by atoms with van der Waals surface area (Å²) in [6.45, 7) is 2.03. The number of fused-ring (bicyclic) bond motifs is 1. The molecule has 1 amide bonds. The summed E-state index contributed by atoms with van der Waals surface area (Å²) in [4.78, 5) is 19.9. The van der Waals surface area contributed by atoms with Crippen LogP contribution < -0.4 is 5.32 Å². The van der Waals surface area contributed by atoms with Crippen molar-refractivity contribution < 1.29 is 9.90 Å². The summed E-state index contributed by atoms with van der Waals surface area (Å²) < 4.78 is 0. The average molecular weight is 301 g/mol. The fourth-order valence-electron chi connectivity index (χ4n) is 3.14. The second kappa shape index (κ2) is 6.48. The highest BCUT2D eigenvalue weighted by Gasteiger charge is 2.24. The number of benzene rings is 1. The number of imidazole rings is 1. The Morgan fingerprint density at radius 2 is 2.23 bits per heavy atom. The minimum Gasteiger partial charge on any atom is -0.391 e. The lowest BCUT2D eigenvalue weighted by Gasteiger charge is -2.28. The molecule has 0 radical (unpaired) electrons. The van der Waals surface area contributed by atoms with Gasteiger partial charge in [0, 0.05) is 12.8 Å². The average Bonchev–Trinajstić information content (AvgIpc) is 2.92. The quantitative estimate of drug-likeness (QED) is 0.810. The number of H-pyrrole nitrogens is 1. The summed E-state index contributed by atoms with van der Waals surface area (Å²) in [5.41, 5.74) is 3.12. The van der Waals surface area contributed by atoms with Gasteiger partial charge in [-0.2, -0.15) is 0 Å². The molecule has 1 saturated carbocycles. The highest BCUT2D eigenvalue weighted by atomic mass is 16.3. The number of aliphatic hydroxyl groups excluding tert-OH is 1. The van der Waals surface area contributed by atoms with Crippen molar-refractivity contribution >= 4 is 16.9 Å². The van der Waals surface area contributed by atoms with Crippen molar-refractivity contribution in [2.45, 2.75) is 57.6 Å². The fourth-order valence-corrected chi connectivity index (χ4v) is 3.14. The van der Waals surface area contributed by atoms with Gasteiger partial charge in [-0.3, -0.25) is 4.79 Å². The molecular formula is C17H23N3O2. The molecule has 1 aromatic heterocycles. The van der Waals surface area contributed by atoms with Crippen LogP contribution in [0.25, 0.3) is 11.0 Å². The zero-order valence-electron chi connectivity index (χ0n) is 12.9. The maximum absolute atomic E-state index is 12.0. The fraction of sp³-hybridized carbons (Fsp3) is 0.529. The predicted molar refractivity (Wildman–Crippen MR) is 85.6 cm³/mol. The Balaban J connectivity index is 1.56. The lowest BCUT2D eigenvalue weighted by molar-refractivity contribution is -0.123. The number of hydrogen-bond donors (Lipinski definition) is 3. The smallest absolute Gasteiger partial charge is 0.220 e. The Bertz CT molecular complexity index is 665. The molecule has 5 nitrogen and oxygen atoms in total. The first-order valence-electron chi connectivity index (χ1n) is 8.05. The van der Waals surface area contributed by atoms with Crippen LogP contribution >= 0.6 is 0 Å². The van der Waals surface area contributed by atoms with Crippen LogP contribution in [0.1, 0.15) is 43.5 Å². The molecule has 1 heterocycles. The number of para-hydroxylation sites is 1. The molecule has 3 N–H and O–H groups in total. The first-order valence-corrected chi connectivity index (χ1v) is 8.05. The number of hydrogen-bond acceptors (Lipinski definition) is 3. The summed E-state index contributed by atoms with van der Waals surface area (Å²) in [5.74, 6) is 0.826. The van der Waals surface area contributed by atoms with Crippen LogP contribution in [0.3, 0.4) is 0 Å². The molecule has 0 bridgehead atoms. The van der Waals surface area contributed by atoms with Crippen LogP contribution in [-0.2, 0) is 11.2 Å². The normalized spacial score (nSPS) is 21.9. The zero-order valence-corrected chi connectivity index (χ0v) is 12.9. The van der Waals surface area contributed by atoms with Gasteiger partial charge in [-0.1, -0.05) is 25.0 Å². The lowest BCUT2D eigenvalue weighted by Crippen LogP contribution is -2.45. The van der Waals surface area contributed by atoms with Crippen LogP contribution in [0.2, 0.25) is 0 Å². The topological polar surface area (TPSA) is 78.0 Å². The molecule has 2 atom stereocenters. The van der Waals surface area contributed by atoms with E-state index in [4.69, 9.17) is 0 Å². The van der Waals surface area contributed by atoms with Crippen molar-refractivity contribution in [3.8, 4) is 0 Å². The Labute approximate surface area is 130 Å². The standard InChI is InChI=1S/C17H23N3O2/c1-11-5-4-7-13-17(11)20-15(18-13)9-10-16(22)19-12-6-2-3-8-14(12)21/h4-5,7,12,14,21H,2-3,6,8-10H2,1H3,(H,18,20)(H,19,22). The Kier molecular flexibility index (Phi) is 4.43. The molecule has 3 rings (SSSR count). The zero-order chi connectivity index (χ0) is 15.5. The molecule has 0 aliphatic heterocycles. The first-order chi connectivity index (χ1) is 10.6.